The van der Waals surface area contributed by atoms with Crippen molar-refractivity contribution in [1.82, 2.24) is 19.6 Å². The molecule has 160 valence electrons. The second-order valence-corrected chi connectivity index (χ2v) is 9.60. The van der Waals surface area contributed by atoms with Crippen molar-refractivity contribution in [3.8, 4) is 17.3 Å². The number of thiophene rings is 1. The van der Waals surface area contributed by atoms with E-state index in [1.165, 1.54) is 16.9 Å². The largest absolute Gasteiger partial charge is 0.355 e. The van der Waals surface area contributed by atoms with Gasteiger partial charge in [-0.15, -0.1) is 0 Å². The molecule has 0 radical (unpaired) electrons. The number of piperidine rings is 1. The van der Waals surface area contributed by atoms with Gasteiger partial charge in [0.1, 0.15) is 11.6 Å². The molecule has 1 aliphatic heterocycles. The highest BCUT2D eigenvalue weighted by Gasteiger charge is 2.46. The Kier molecular flexibility index (Phi) is 4.32. The van der Waals surface area contributed by atoms with Crippen LogP contribution in [0.2, 0.25) is 0 Å². The molecule has 32 heavy (non-hydrogen) atoms. The highest BCUT2D eigenvalue weighted by molar-refractivity contribution is 7.08. The van der Waals surface area contributed by atoms with Gasteiger partial charge in [-0.05, 0) is 49.3 Å². The standard InChI is InChI=1S/C24H23N7S/c1-15-21(18-14-32-13-16(18)12-25)31-20(4-8-28-31)23(29-15)30-9-5-24(6-10-30)11-19-17(22(24)26)3-2-7-27-19/h2-4,7-8,13-14,22H,5-6,9-11,26H2,1H3/t22-/m1/s1. The summed E-state index contributed by atoms with van der Waals surface area (Å²) in [6.07, 6.45) is 6.66. The number of anilines is 1. The van der Waals surface area contributed by atoms with Gasteiger partial charge in [0.05, 0.1) is 23.1 Å². The number of aromatic nitrogens is 4. The zero-order valence-corrected chi connectivity index (χ0v) is 18.6. The van der Waals surface area contributed by atoms with Crippen molar-refractivity contribution in [2.45, 2.75) is 32.2 Å². The van der Waals surface area contributed by atoms with Crippen LogP contribution in [0, 0.1) is 23.7 Å². The molecule has 7 nitrogen and oxygen atoms in total. The molecule has 1 spiro atoms. The van der Waals surface area contributed by atoms with Crippen molar-refractivity contribution < 1.29 is 0 Å². The predicted octanol–water partition coefficient (Wildman–Crippen LogP) is 3.88. The molecular weight excluding hydrogens is 418 g/mol. The van der Waals surface area contributed by atoms with E-state index in [1.54, 1.807) is 0 Å². The van der Waals surface area contributed by atoms with E-state index < -0.39 is 0 Å². The number of hydrogen-bond acceptors (Lipinski definition) is 7. The van der Waals surface area contributed by atoms with Crippen LogP contribution in [0.4, 0.5) is 5.82 Å². The van der Waals surface area contributed by atoms with Gasteiger partial charge in [0, 0.05) is 47.3 Å². The summed E-state index contributed by atoms with van der Waals surface area (Å²) in [4.78, 5) is 12.0. The highest BCUT2D eigenvalue weighted by atomic mass is 32.1. The molecule has 0 amide bonds. The molecule has 0 aromatic carbocycles. The third-order valence-electron chi connectivity index (χ3n) is 7.24. The van der Waals surface area contributed by atoms with E-state index in [-0.39, 0.29) is 11.5 Å². The maximum atomic E-state index is 9.51. The number of fused-ring (bicyclic) bond motifs is 2. The van der Waals surface area contributed by atoms with Gasteiger partial charge >= 0.3 is 0 Å². The Morgan fingerprint density at radius 2 is 2.06 bits per heavy atom. The van der Waals surface area contributed by atoms with E-state index in [1.807, 2.05) is 46.7 Å². The smallest absolute Gasteiger partial charge is 0.155 e. The van der Waals surface area contributed by atoms with E-state index in [0.29, 0.717) is 5.56 Å². The van der Waals surface area contributed by atoms with Gasteiger partial charge in [0.25, 0.3) is 0 Å². The minimum Gasteiger partial charge on any atom is -0.355 e. The lowest BCUT2D eigenvalue weighted by atomic mass is 9.73. The molecule has 2 N–H and O–H groups in total. The normalized spacial score (nSPS) is 19.4. The van der Waals surface area contributed by atoms with Gasteiger partial charge in [-0.2, -0.15) is 21.7 Å². The van der Waals surface area contributed by atoms with Gasteiger partial charge < -0.3 is 10.6 Å². The lowest BCUT2D eigenvalue weighted by Crippen LogP contribution is -2.44. The van der Waals surface area contributed by atoms with E-state index >= 15 is 0 Å². The molecule has 2 aliphatic rings. The van der Waals surface area contributed by atoms with Crippen LogP contribution in [0.5, 0.6) is 0 Å². The van der Waals surface area contributed by atoms with Crippen molar-refractivity contribution >= 4 is 22.7 Å². The summed E-state index contributed by atoms with van der Waals surface area (Å²) in [6.45, 7) is 3.80. The van der Waals surface area contributed by atoms with Gasteiger partial charge in [-0.25, -0.2) is 9.50 Å². The third-order valence-corrected chi connectivity index (χ3v) is 7.98. The van der Waals surface area contributed by atoms with Crippen molar-refractivity contribution in [1.29, 1.82) is 5.26 Å². The van der Waals surface area contributed by atoms with Crippen LogP contribution in [-0.2, 0) is 6.42 Å². The molecule has 6 rings (SSSR count). The fourth-order valence-electron chi connectivity index (χ4n) is 5.49. The van der Waals surface area contributed by atoms with Crippen molar-refractivity contribution in [3.05, 3.63) is 63.9 Å². The lowest BCUT2D eigenvalue weighted by Gasteiger charge is -2.42. The Hall–Kier alpha value is -3.28. The molecule has 8 heteroatoms. The van der Waals surface area contributed by atoms with E-state index in [2.05, 4.69) is 27.1 Å². The minimum absolute atomic E-state index is 0.0448. The first-order chi connectivity index (χ1) is 15.6. The van der Waals surface area contributed by atoms with Crippen LogP contribution in [0.3, 0.4) is 0 Å². The molecule has 5 heterocycles. The fourth-order valence-corrected chi connectivity index (χ4v) is 6.25. The zero-order valence-electron chi connectivity index (χ0n) is 17.8. The molecule has 1 fully saturated rings. The van der Waals surface area contributed by atoms with Crippen LogP contribution < -0.4 is 10.6 Å². The number of hydrogen-bond donors (Lipinski definition) is 1. The SMILES string of the molecule is Cc1nc(N2CCC3(CC2)Cc2ncccc2[C@H]3N)c2ccnn2c1-c1cscc1C#N. The number of nitrogens with two attached hydrogens (primary N) is 1. The maximum Gasteiger partial charge on any atom is 0.155 e. The Morgan fingerprint density at radius 3 is 2.84 bits per heavy atom. The average molecular weight is 442 g/mol. The summed E-state index contributed by atoms with van der Waals surface area (Å²) in [5, 5.41) is 18.0. The second-order valence-electron chi connectivity index (χ2n) is 8.85. The van der Waals surface area contributed by atoms with Crippen LogP contribution in [0.15, 0.2) is 41.4 Å². The zero-order chi connectivity index (χ0) is 21.9. The van der Waals surface area contributed by atoms with Gasteiger partial charge in [0.2, 0.25) is 0 Å². The first kappa shape index (κ1) is 19.4. The van der Waals surface area contributed by atoms with Crippen LogP contribution >= 0.6 is 11.3 Å². The molecule has 1 saturated heterocycles. The molecule has 1 aliphatic carbocycles. The quantitative estimate of drug-likeness (QED) is 0.507. The summed E-state index contributed by atoms with van der Waals surface area (Å²) in [5.74, 6) is 0.953. The number of pyridine rings is 1. The predicted molar refractivity (Wildman–Crippen MR) is 125 cm³/mol. The topological polar surface area (TPSA) is 96.1 Å². The summed E-state index contributed by atoms with van der Waals surface area (Å²) >= 11 is 1.52. The summed E-state index contributed by atoms with van der Waals surface area (Å²) in [5.41, 5.74) is 13.5. The molecule has 0 unspecified atom stereocenters. The first-order valence-electron chi connectivity index (χ1n) is 10.9. The van der Waals surface area contributed by atoms with Gasteiger partial charge in [-0.3, -0.25) is 4.98 Å². The molecule has 1 atom stereocenters. The minimum atomic E-state index is 0.0448. The molecule has 0 bridgehead atoms. The number of nitrogens with zero attached hydrogens (tertiary/aromatic N) is 6. The maximum absolute atomic E-state index is 9.51. The number of rotatable bonds is 2. The van der Waals surface area contributed by atoms with E-state index in [0.717, 1.165) is 66.3 Å². The summed E-state index contributed by atoms with van der Waals surface area (Å²) < 4.78 is 1.94. The second kappa shape index (κ2) is 7.12. The average Bonchev–Trinajstić information content (AvgIpc) is 3.53. The summed E-state index contributed by atoms with van der Waals surface area (Å²) in [7, 11) is 0. The molecular formula is C24H23N7S. The van der Waals surface area contributed by atoms with Crippen LogP contribution in [0.25, 0.3) is 16.8 Å². The Bertz CT molecular complexity index is 1370. The number of aryl methyl sites for hydroxylation is 1. The van der Waals surface area contributed by atoms with E-state index in [9.17, 15) is 5.26 Å². The van der Waals surface area contributed by atoms with Crippen LogP contribution in [0.1, 0.15) is 41.4 Å². The molecule has 0 saturated carbocycles. The Balaban J connectivity index is 1.34. The van der Waals surface area contributed by atoms with Gasteiger partial charge in [-0.1, -0.05) is 6.07 Å². The Labute approximate surface area is 190 Å². The van der Waals surface area contributed by atoms with E-state index in [4.69, 9.17) is 10.7 Å². The lowest BCUT2D eigenvalue weighted by molar-refractivity contribution is 0.187. The fraction of sp³-hybridized carbons (Fsp3) is 0.333. The monoisotopic (exact) mass is 441 g/mol. The Morgan fingerprint density at radius 1 is 1.22 bits per heavy atom. The van der Waals surface area contributed by atoms with Crippen LogP contribution in [-0.4, -0.2) is 32.7 Å². The third kappa shape index (κ3) is 2.71. The first-order valence-corrected chi connectivity index (χ1v) is 11.8. The highest BCUT2D eigenvalue weighted by Crippen LogP contribution is 2.50. The van der Waals surface area contributed by atoms with Crippen molar-refractivity contribution in [3.63, 3.8) is 0 Å². The van der Waals surface area contributed by atoms with Crippen molar-refractivity contribution in [2.75, 3.05) is 18.0 Å². The summed E-state index contributed by atoms with van der Waals surface area (Å²) in [6, 6.07) is 8.46. The van der Waals surface area contributed by atoms with Crippen molar-refractivity contribution in [2.24, 2.45) is 11.1 Å². The van der Waals surface area contributed by atoms with Gasteiger partial charge in [0.15, 0.2) is 5.82 Å². The molecule has 4 aromatic rings. The molecule has 4 aromatic heterocycles. The number of nitriles is 1.